The molecule has 1 N–H and O–H groups in total. The lowest BCUT2D eigenvalue weighted by atomic mass is 10.1. The summed E-state index contributed by atoms with van der Waals surface area (Å²) in [7, 11) is 1.45. The third-order valence-electron chi connectivity index (χ3n) is 12.2. The average molecular weight is 1080 g/mol. The number of esters is 2. The van der Waals surface area contributed by atoms with Crippen molar-refractivity contribution >= 4 is 19.8 Å². The monoisotopic (exact) mass is 1080 g/mol. The maximum atomic E-state index is 12.8. The smallest absolute Gasteiger partial charge is 0.462 e. The molecule has 10 heteroatoms. The van der Waals surface area contributed by atoms with Gasteiger partial charge in [-0.05, 0) is 109 Å². The van der Waals surface area contributed by atoms with Crippen LogP contribution in [0.4, 0.5) is 0 Å². The molecule has 0 bridgehead atoms. The van der Waals surface area contributed by atoms with Crippen molar-refractivity contribution in [1.82, 2.24) is 0 Å². The van der Waals surface area contributed by atoms with E-state index in [1.54, 1.807) is 0 Å². The topological polar surface area (TPSA) is 108 Å². The number of likely N-dealkylation sites (N-methyl/N-ethyl adjacent to an activating group) is 1. The van der Waals surface area contributed by atoms with Crippen LogP contribution in [0.25, 0.3) is 0 Å². The molecular formula is C66H111NO8P+. The third-order valence-corrected chi connectivity index (χ3v) is 13.2. The predicted molar refractivity (Wildman–Crippen MR) is 325 cm³/mol. The molecule has 0 aliphatic rings. The van der Waals surface area contributed by atoms with Gasteiger partial charge in [-0.2, -0.15) is 0 Å². The summed E-state index contributed by atoms with van der Waals surface area (Å²) in [5.74, 6) is -0.822. The minimum absolute atomic E-state index is 0.0213. The van der Waals surface area contributed by atoms with Crippen molar-refractivity contribution in [3.05, 3.63) is 134 Å². The largest absolute Gasteiger partial charge is 0.472 e. The van der Waals surface area contributed by atoms with Gasteiger partial charge in [-0.15, -0.1) is 0 Å². The number of quaternary nitrogens is 1. The van der Waals surface area contributed by atoms with Crippen molar-refractivity contribution < 1.29 is 42.1 Å². The average Bonchev–Trinajstić information content (AvgIpc) is 3.38. The first-order valence-corrected chi connectivity index (χ1v) is 31.4. The second kappa shape index (κ2) is 55.9. The Balaban J connectivity index is 4.23. The number of unbranched alkanes of at least 4 members (excludes halogenated alkanes) is 17. The van der Waals surface area contributed by atoms with Gasteiger partial charge in [0.2, 0.25) is 0 Å². The lowest BCUT2D eigenvalue weighted by Gasteiger charge is -2.24. The number of allylic oxidation sites excluding steroid dienone is 22. The van der Waals surface area contributed by atoms with Crippen molar-refractivity contribution in [2.45, 2.75) is 225 Å². The summed E-state index contributed by atoms with van der Waals surface area (Å²) in [4.78, 5) is 35.8. The highest BCUT2D eigenvalue weighted by Crippen LogP contribution is 2.43. The van der Waals surface area contributed by atoms with E-state index in [1.165, 1.54) is 57.8 Å². The number of ether oxygens (including phenoxy) is 2. The summed E-state index contributed by atoms with van der Waals surface area (Å²) < 4.78 is 34.6. The maximum absolute atomic E-state index is 12.8. The second-order valence-corrected chi connectivity index (χ2v) is 22.1. The van der Waals surface area contributed by atoms with Crippen LogP contribution in [0, 0.1) is 0 Å². The molecule has 0 rings (SSSR count). The molecule has 0 spiro atoms. The first kappa shape index (κ1) is 72.2. The lowest BCUT2D eigenvalue weighted by molar-refractivity contribution is -0.870. The van der Waals surface area contributed by atoms with Crippen molar-refractivity contribution in [3.63, 3.8) is 0 Å². The Kier molecular flexibility index (Phi) is 53.1. The van der Waals surface area contributed by atoms with Gasteiger partial charge in [-0.1, -0.05) is 231 Å². The van der Waals surface area contributed by atoms with Gasteiger partial charge < -0.3 is 18.9 Å². The van der Waals surface area contributed by atoms with Crippen LogP contribution in [-0.2, 0) is 32.7 Å². The van der Waals surface area contributed by atoms with E-state index in [9.17, 15) is 19.0 Å². The van der Waals surface area contributed by atoms with Crippen LogP contribution in [0.15, 0.2) is 134 Å². The highest BCUT2D eigenvalue weighted by atomic mass is 31.2. The lowest BCUT2D eigenvalue weighted by Crippen LogP contribution is -2.37. The van der Waals surface area contributed by atoms with Crippen molar-refractivity contribution in [2.24, 2.45) is 0 Å². The maximum Gasteiger partial charge on any atom is 0.472 e. The predicted octanol–water partition coefficient (Wildman–Crippen LogP) is 18.9. The van der Waals surface area contributed by atoms with Crippen LogP contribution in [0.2, 0.25) is 0 Å². The molecule has 0 aromatic carbocycles. The van der Waals surface area contributed by atoms with E-state index in [4.69, 9.17) is 18.5 Å². The first-order chi connectivity index (χ1) is 37.0. The van der Waals surface area contributed by atoms with Gasteiger partial charge in [-0.25, -0.2) is 4.57 Å². The number of carbonyl (C=O) groups excluding carboxylic acids is 2. The zero-order valence-electron chi connectivity index (χ0n) is 48.9. The molecule has 0 amide bonds. The Morgan fingerprint density at radius 2 is 0.711 bits per heavy atom. The summed E-state index contributed by atoms with van der Waals surface area (Å²) in [6.45, 7) is 4.18. The van der Waals surface area contributed by atoms with Crippen LogP contribution < -0.4 is 0 Å². The standard InChI is InChI=1S/C66H110NO8P/c1-6-8-10-12-14-16-18-20-22-24-26-28-30-32-33-35-37-39-41-43-45-47-49-51-53-55-57-59-66(69)75-64(63-74-76(70,71)73-61-60-67(3,4)5)62-72-65(68)58-56-54-52-50-48-46-44-42-40-38-36-34-31-29-27-25-23-21-19-17-15-13-11-9-7-2/h8-11,14-17,20-23,26-29,32-34,36-37,39,64H,6-7,12-13,18-19,24-25,30-31,35,38,40-63H2,1-5H3/p+1/b10-8-,11-9-,16-14-,17-15-,22-20-,23-21-,28-26-,29-27-,33-32-,36-34-,39-37-. The van der Waals surface area contributed by atoms with Crippen LogP contribution in [0.3, 0.4) is 0 Å². The third kappa shape index (κ3) is 59.4. The molecule has 0 fully saturated rings. The number of hydrogen-bond acceptors (Lipinski definition) is 7. The van der Waals surface area contributed by atoms with Gasteiger partial charge in [0.25, 0.3) is 0 Å². The number of phosphoric acid groups is 1. The van der Waals surface area contributed by atoms with Gasteiger partial charge >= 0.3 is 19.8 Å². The molecule has 0 radical (unpaired) electrons. The van der Waals surface area contributed by atoms with E-state index >= 15 is 0 Å². The fourth-order valence-corrected chi connectivity index (χ4v) is 8.37. The fraction of sp³-hybridized carbons (Fsp3) is 0.636. The molecule has 2 atom stereocenters. The summed E-state index contributed by atoms with van der Waals surface area (Å²) in [6.07, 6.45) is 80.8. The number of phosphoric ester groups is 1. The first-order valence-electron chi connectivity index (χ1n) is 29.9. The normalized spacial score (nSPS) is 14.2. The van der Waals surface area contributed by atoms with Gasteiger partial charge in [0.05, 0.1) is 27.7 Å². The van der Waals surface area contributed by atoms with E-state index < -0.39 is 26.5 Å². The number of nitrogens with zero attached hydrogens (tertiary/aromatic N) is 1. The minimum atomic E-state index is -4.40. The molecule has 0 saturated carbocycles. The van der Waals surface area contributed by atoms with E-state index in [2.05, 4.69) is 148 Å². The minimum Gasteiger partial charge on any atom is -0.462 e. The Morgan fingerprint density at radius 3 is 1.05 bits per heavy atom. The van der Waals surface area contributed by atoms with Crippen molar-refractivity contribution in [3.8, 4) is 0 Å². The van der Waals surface area contributed by atoms with Crippen LogP contribution >= 0.6 is 7.82 Å². The van der Waals surface area contributed by atoms with E-state index in [0.717, 1.165) is 128 Å². The summed E-state index contributed by atoms with van der Waals surface area (Å²) in [5, 5.41) is 0. The molecule has 0 aromatic rings. The molecule has 0 aliphatic heterocycles. The van der Waals surface area contributed by atoms with Crippen LogP contribution in [-0.4, -0.2) is 74.9 Å². The van der Waals surface area contributed by atoms with E-state index in [0.29, 0.717) is 17.4 Å². The van der Waals surface area contributed by atoms with Gasteiger partial charge in [0, 0.05) is 12.8 Å². The van der Waals surface area contributed by atoms with E-state index in [1.807, 2.05) is 21.1 Å². The molecule has 0 heterocycles. The van der Waals surface area contributed by atoms with Gasteiger partial charge in [-0.3, -0.25) is 18.6 Å². The number of hydrogen-bond donors (Lipinski definition) is 1. The van der Waals surface area contributed by atoms with Crippen LogP contribution in [0.1, 0.15) is 219 Å². The summed E-state index contributed by atoms with van der Waals surface area (Å²) >= 11 is 0. The zero-order valence-corrected chi connectivity index (χ0v) is 49.8. The molecule has 0 aromatic heterocycles. The summed E-state index contributed by atoms with van der Waals surface area (Å²) in [6, 6.07) is 0. The number of carbonyl (C=O) groups is 2. The molecule has 2 unspecified atom stereocenters. The van der Waals surface area contributed by atoms with Crippen LogP contribution in [0.5, 0.6) is 0 Å². The molecule has 0 saturated heterocycles. The number of rotatable bonds is 53. The van der Waals surface area contributed by atoms with Gasteiger partial charge in [0.15, 0.2) is 6.10 Å². The highest BCUT2D eigenvalue weighted by molar-refractivity contribution is 7.47. The molecule has 0 aliphatic carbocycles. The zero-order chi connectivity index (χ0) is 55.6. The Morgan fingerprint density at radius 1 is 0.408 bits per heavy atom. The van der Waals surface area contributed by atoms with E-state index in [-0.39, 0.29) is 32.0 Å². The quantitative estimate of drug-likeness (QED) is 0.0211. The Hall–Kier alpha value is -3.85. The molecular weight excluding hydrogens is 966 g/mol. The molecule has 9 nitrogen and oxygen atoms in total. The second-order valence-electron chi connectivity index (χ2n) is 20.6. The van der Waals surface area contributed by atoms with Crippen molar-refractivity contribution in [1.29, 1.82) is 0 Å². The molecule has 76 heavy (non-hydrogen) atoms. The highest BCUT2D eigenvalue weighted by Gasteiger charge is 2.27. The van der Waals surface area contributed by atoms with Crippen molar-refractivity contribution in [2.75, 3.05) is 47.5 Å². The van der Waals surface area contributed by atoms with Gasteiger partial charge in [0.1, 0.15) is 19.8 Å². The summed E-state index contributed by atoms with van der Waals surface area (Å²) in [5.41, 5.74) is 0. The Bertz CT molecular complexity index is 1740. The SMILES string of the molecule is CC/C=C\C/C=C\C/C=C\C/C=C\C/C=C\C/C=C\CCCCCCCCCCC(=O)OC(COC(=O)CCCCCCCCCCC/C=C\C/C=C\C/C=C\C/C=C\C/C=C\CC)COP(=O)(O)OCC[N+](C)(C)C. The molecule has 432 valence electrons. The Labute approximate surface area is 466 Å². The fourth-order valence-electron chi connectivity index (χ4n) is 7.63.